The van der Waals surface area contributed by atoms with Gasteiger partial charge in [-0.1, -0.05) is 39.0 Å². The van der Waals surface area contributed by atoms with E-state index in [-0.39, 0.29) is 25.7 Å². The van der Waals surface area contributed by atoms with Gasteiger partial charge in [0.1, 0.15) is 5.76 Å². The quantitative estimate of drug-likeness (QED) is 0.181. The second-order valence-corrected chi connectivity index (χ2v) is 14.2. The molecule has 3 aliphatic heterocycles. The molecule has 2 N–H and O–H groups in total. The van der Waals surface area contributed by atoms with Crippen LogP contribution in [0.4, 0.5) is 0 Å². The maximum Gasteiger partial charge on any atom is 0.339 e. The second kappa shape index (κ2) is 14.5. The first-order valence-corrected chi connectivity index (χ1v) is 17.3. The highest BCUT2D eigenvalue weighted by molar-refractivity contribution is 5.86. The Labute approximate surface area is 273 Å². The zero-order valence-electron chi connectivity index (χ0n) is 28.1. The highest BCUT2D eigenvalue weighted by Crippen LogP contribution is 2.55. The lowest BCUT2D eigenvalue weighted by Crippen LogP contribution is -2.49. The summed E-state index contributed by atoms with van der Waals surface area (Å²) in [5.41, 5.74) is -1.43. The van der Waals surface area contributed by atoms with Crippen LogP contribution in [-0.2, 0) is 30.2 Å². The molecule has 1 unspecified atom stereocenters. The normalized spacial score (nSPS) is 24.7. The molecule has 46 heavy (non-hydrogen) atoms. The van der Waals surface area contributed by atoms with E-state index >= 15 is 0 Å². The summed E-state index contributed by atoms with van der Waals surface area (Å²) in [5, 5.41) is 22.2. The Kier molecular flexibility index (Phi) is 10.9. The SMILES string of the molecule is CCCCCCCCOC(=O)C[C@](O)(CCCC(C)(C)O)C(=O)OC1C(OC)=C[C@@]23CCCN2CCc2cc4c(cc2[C@H]13)OCO4. The van der Waals surface area contributed by atoms with Crippen molar-refractivity contribution in [2.24, 2.45) is 0 Å². The summed E-state index contributed by atoms with van der Waals surface area (Å²) in [7, 11) is 1.57. The van der Waals surface area contributed by atoms with E-state index in [4.69, 9.17) is 23.7 Å². The van der Waals surface area contributed by atoms with Gasteiger partial charge in [-0.3, -0.25) is 9.69 Å². The van der Waals surface area contributed by atoms with Gasteiger partial charge < -0.3 is 33.9 Å². The molecule has 1 aromatic carbocycles. The minimum Gasteiger partial charge on any atom is -0.497 e. The first-order valence-electron chi connectivity index (χ1n) is 17.3. The van der Waals surface area contributed by atoms with Gasteiger partial charge in [-0.05, 0) is 94.7 Å². The molecule has 4 aliphatic rings. The zero-order chi connectivity index (χ0) is 33.0. The van der Waals surface area contributed by atoms with Crippen LogP contribution in [0.25, 0.3) is 0 Å². The fourth-order valence-corrected chi connectivity index (χ4v) is 7.75. The minimum absolute atomic E-state index is 0.0576. The van der Waals surface area contributed by atoms with Gasteiger partial charge in [0.25, 0.3) is 0 Å². The number of ether oxygens (including phenoxy) is 5. The van der Waals surface area contributed by atoms with Crippen molar-refractivity contribution in [2.75, 3.05) is 33.6 Å². The predicted octanol–water partition coefficient (Wildman–Crippen LogP) is 5.31. The highest BCUT2D eigenvalue weighted by atomic mass is 16.7. The smallest absolute Gasteiger partial charge is 0.339 e. The Hall–Kier alpha value is -2.82. The highest BCUT2D eigenvalue weighted by Gasteiger charge is 2.59. The molecule has 1 aromatic rings. The van der Waals surface area contributed by atoms with Gasteiger partial charge in [-0.25, -0.2) is 4.79 Å². The third-order valence-corrected chi connectivity index (χ3v) is 10.2. The van der Waals surface area contributed by atoms with Gasteiger partial charge in [-0.2, -0.15) is 0 Å². The van der Waals surface area contributed by atoms with E-state index in [1.165, 1.54) is 6.42 Å². The van der Waals surface area contributed by atoms with Crippen LogP contribution in [0, 0.1) is 0 Å². The van der Waals surface area contributed by atoms with Crippen LogP contribution in [0.5, 0.6) is 11.5 Å². The van der Waals surface area contributed by atoms with E-state index < -0.39 is 41.2 Å². The third-order valence-electron chi connectivity index (χ3n) is 10.2. The molecule has 0 bridgehead atoms. The molecule has 10 heteroatoms. The van der Waals surface area contributed by atoms with E-state index in [1.807, 2.05) is 12.1 Å². The molecular weight excluding hydrogens is 590 g/mol. The summed E-state index contributed by atoms with van der Waals surface area (Å²) in [6.07, 6.45) is 10.3. The standard InChI is InChI=1S/C36H53NO9/c1-5-6-7-8-9-10-19-43-30(38)23-36(41,16-11-14-34(2,3)40)33(39)46-32-29(42-4)22-35-15-12-17-37(35)18-13-25-20-27-28(45-24-44-27)21-26(25)31(32)35/h20-22,31-32,40-41H,5-19,23-24H2,1-4H3/t31-,32?,35-,36-/m1/s1. The van der Waals surface area contributed by atoms with Crippen molar-refractivity contribution in [1.82, 2.24) is 4.90 Å². The lowest BCUT2D eigenvalue weighted by atomic mass is 9.77. The number of carbonyl (C=O) groups is 2. The average Bonchev–Trinajstić information content (AvgIpc) is 3.69. The molecule has 0 saturated carbocycles. The first kappa shape index (κ1) is 34.5. The maximum atomic E-state index is 14.1. The van der Waals surface area contributed by atoms with Gasteiger partial charge >= 0.3 is 11.9 Å². The van der Waals surface area contributed by atoms with Crippen LogP contribution in [-0.4, -0.2) is 83.5 Å². The third kappa shape index (κ3) is 7.50. The van der Waals surface area contributed by atoms with Crippen molar-refractivity contribution in [3.8, 4) is 11.5 Å². The van der Waals surface area contributed by atoms with Crippen molar-refractivity contribution in [1.29, 1.82) is 0 Å². The molecule has 1 saturated heterocycles. The van der Waals surface area contributed by atoms with E-state index in [0.717, 1.165) is 75.6 Å². The molecule has 256 valence electrons. The number of carbonyl (C=O) groups excluding carboxylic acids is 2. The van der Waals surface area contributed by atoms with Crippen LogP contribution in [0.2, 0.25) is 0 Å². The van der Waals surface area contributed by atoms with Crippen LogP contribution in [0.1, 0.15) is 115 Å². The Morgan fingerprint density at radius 1 is 1.02 bits per heavy atom. The van der Waals surface area contributed by atoms with Crippen molar-refractivity contribution < 1.29 is 43.5 Å². The van der Waals surface area contributed by atoms with Crippen LogP contribution >= 0.6 is 0 Å². The number of hydrogen-bond acceptors (Lipinski definition) is 10. The molecular formula is C36H53NO9. The summed E-state index contributed by atoms with van der Waals surface area (Å²) in [6, 6.07) is 4.04. The van der Waals surface area contributed by atoms with Crippen molar-refractivity contribution >= 4 is 11.9 Å². The molecule has 0 radical (unpaired) electrons. The molecule has 0 aromatic heterocycles. The van der Waals surface area contributed by atoms with Crippen LogP contribution in [0.3, 0.4) is 0 Å². The van der Waals surface area contributed by atoms with Crippen LogP contribution in [0.15, 0.2) is 24.0 Å². The van der Waals surface area contributed by atoms with E-state index in [2.05, 4.69) is 17.9 Å². The topological polar surface area (TPSA) is 124 Å². The number of nitrogens with zero attached hydrogens (tertiary/aromatic N) is 1. The second-order valence-electron chi connectivity index (χ2n) is 14.2. The lowest BCUT2D eigenvalue weighted by Gasteiger charge is -2.39. The number of benzene rings is 1. The van der Waals surface area contributed by atoms with Gasteiger partial charge in [0, 0.05) is 6.54 Å². The molecule has 1 fully saturated rings. The number of hydrogen-bond donors (Lipinski definition) is 2. The molecule has 1 aliphatic carbocycles. The molecule has 5 rings (SSSR count). The van der Waals surface area contributed by atoms with Gasteiger partial charge in [0.05, 0.1) is 37.2 Å². The summed E-state index contributed by atoms with van der Waals surface area (Å²) in [6.45, 7) is 7.67. The fraction of sp³-hybridized carbons (Fsp3) is 0.722. The number of esters is 2. The monoisotopic (exact) mass is 643 g/mol. The summed E-state index contributed by atoms with van der Waals surface area (Å²) < 4.78 is 29.1. The first-order chi connectivity index (χ1) is 22.0. The number of fused-ring (bicyclic) bond motifs is 3. The predicted molar refractivity (Wildman–Crippen MR) is 172 cm³/mol. The number of rotatable bonds is 16. The van der Waals surface area contributed by atoms with Crippen molar-refractivity contribution in [2.45, 2.75) is 133 Å². The number of unbranched alkanes of at least 4 members (excludes halogenated alkanes) is 5. The minimum atomic E-state index is -2.13. The van der Waals surface area contributed by atoms with E-state index in [1.54, 1.807) is 21.0 Å². The molecule has 10 nitrogen and oxygen atoms in total. The average molecular weight is 644 g/mol. The van der Waals surface area contributed by atoms with Crippen LogP contribution < -0.4 is 9.47 Å². The molecule has 4 atom stereocenters. The van der Waals surface area contributed by atoms with E-state index in [9.17, 15) is 19.8 Å². The summed E-state index contributed by atoms with van der Waals surface area (Å²) in [4.78, 5) is 29.6. The largest absolute Gasteiger partial charge is 0.497 e. The molecule has 3 heterocycles. The Morgan fingerprint density at radius 3 is 2.50 bits per heavy atom. The fourth-order valence-electron chi connectivity index (χ4n) is 7.75. The Balaban J connectivity index is 1.37. The molecule has 0 amide bonds. The maximum absolute atomic E-state index is 14.1. The number of aliphatic hydroxyl groups is 2. The van der Waals surface area contributed by atoms with Gasteiger partial charge in [0.2, 0.25) is 6.79 Å². The lowest BCUT2D eigenvalue weighted by molar-refractivity contribution is -0.179. The Bertz CT molecular complexity index is 1270. The zero-order valence-corrected chi connectivity index (χ0v) is 28.1. The summed E-state index contributed by atoms with van der Waals surface area (Å²) >= 11 is 0. The van der Waals surface area contributed by atoms with Crippen molar-refractivity contribution in [3.05, 3.63) is 35.1 Å². The summed E-state index contributed by atoms with van der Waals surface area (Å²) in [5.74, 6) is 0.0629. The van der Waals surface area contributed by atoms with Gasteiger partial charge in [-0.15, -0.1) is 0 Å². The Morgan fingerprint density at radius 2 is 1.76 bits per heavy atom. The van der Waals surface area contributed by atoms with Crippen molar-refractivity contribution in [3.63, 3.8) is 0 Å². The number of methoxy groups -OCH3 is 1. The molecule has 1 spiro atoms. The van der Waals surface area contributed by atoms with Gasteiger partial charge in [0.15, 0.2) is 23.2 Å². The van der Waals surface area contributed by atoms with E-state index in [0.29, 0.717) is 30.1 Å².